The summed E-state index contributed by atoms with van der Waals surface area (Å²) in [6.07, 6.45) is 1.45. The first kappa shape index (κ1) is 20.2. The van der Waals surface area contributed by atoms with Crippen molar-refractivity contribution in [2.75, 3.05) is 12.4 Å². The quantitative estimate of drug-likeness (QED) is 0.782. The Labute approximate surface area is 168 Å². The van der Waals surface area contributed by atoms with E-state index in [1.165, 1.54) is 23.9 Å². The largest absolute Gasteiger partial charge is 0.493 e. The molecule has 1 amide bonds. The summed E-state index contributed by atoms with van der Waals surface area (Å²) in [5.41, 5.74) is 3.90. The number of pyridine rings is 1. The average Bonchev–Trinajstić information content (AvgIpc) is 2.86. The summed E-state index contributed by atoms with van der Waals surface area (Å²) in [7, 11) is 0. The van der Waals surface area contributed by atoms with E-state index in [4.69, 9.17) is 4.74 Å². The second-order valence-corrected chi connectivity index (χ2v) is 7.78. The second-order valence-electron chi connectivity index (χ2n) is 6.82. The van der Waals surface area contributed by atoms with Crippen molar-refractivity contribution in [2.45, 2.75) is 44.7 Å². The lowest BCUT2D eigenvalue weighted by Gasteiger charge is -2.18. The Bertz CT molecular complexity index is 956. The van der Waals surface area contributed by atoms with Crippen molar-refractivity contribution in [3.8, 4) is 11.8 Å². The Balaban J connectivity index is 1.72. The maximum atomic E-state index is 13.7. The van der Waals surface area contributed by atoms with Crippen LogP contribution < -0.4 is 10.1 Å². The van der Waals surface area contributed by atoms with Gasteiger partial charge in [-0.2, -0.15) is 5.26 Å². The maximum absolute atomic E-state index is 13.7. The summed E-state index contributed by atoms with van der Waals surface area (Å²) in [5, 5.41) is 13.0. The Hall–Kier alpha value is -2.59. The van der Waals surface area contributed by atoms with Crippen molar-refractivity contribution < 1.29 is 13.9 Å². The molecule has 5 nitrogen and oxygen atoms in total. The van der Waals surface area contributed by atoms with Gasteiger partial charge in [-0.3, -0.25) is 4.79 Å². The number of hydrogen-bond acceptors (Lipinski definition) is 5. The van der Waals surface area contributed by atoms with Gasteiger partial charge in [-0.1, -0.05) is 11.8 Å². The minimum absolute atomic E-state index is 0.131. The van der Waals surface area contributed by atoms with E-state index in [-0.39, 0.29) is 23.5 Å². The standard InChI is InChI=1S/C21H22FN3O2S/c1-12-13(2)17(10-23)21(24-14(12)3)28-11-20(26)25-18-5-4-8-27-19-7-6-15(22)9-16(18)19/h6-7,9,18H,4-5,8,11H2,1-3H3,(H,25,26). The molecule has 1 aliphatic rings. The Morgan fingerprint density at radius 1 is 1.39 bits per heavy atom. The zero-order chi connectivity index (χ0) is 20.3. The molecule has 2 heterocycles. The fraction of sp³-hybridized carbons (Fsp3) is 0.381. The number of fused-ring (bicyclic) bond motifs is 1. The van der Waals surface area contributed by atoms with Gasteiger partial charge in [0.25, 0.3) is 0 Å². The molecule has 0 aliphatic carbocycles. The van der Waals surface area contributed by atoms with Crippen molar-refractivity contribution in [2.24, 2.45) is 0 Å². The Kier molecular flexibility index (Phi) is 6.20. The van der Waals surface area contributed by atoms with Gasteiger partial charge in [0.1, 0.15) is 22.7 Å². The number of benzene rings is 1. The molecule has 28 heavy (non-hydrogen) atoms. The van der Waals surface area contributed by atoms with Crippen molar-refractivity contribution >= 4 is 17.7 Å². The van der Waals surface area contributed by atoms with Crippen LogP contribution in [0.25, 0.3) is 0 Å². The smallest absolute Gasteiger partial charge is 0.230 e. The van der Waals surface area contributed by atoms with Crippen LogP contribution >= 0.6 is 11.8 Å². The van der Waals surface area contributed by atoms with E-state index in [1.807, 2.05) is 20.8 Å². The maximum Gasteiger partial charge on any atom is 0.230 e. The lowest BCUT2D eigenvalue weighted by molar-refractivity contribution is -0.119. The highest BCUT2D eigenvalue weighted by Crippen LogP contribution is 2.32. The zero-order valence-electron chi connectivity index (χ0n) is 16.1. The molecule has 0 saturated heterocycles. The molecule has 0 saturated carbocycles. The minimum atomic E-state index is -0.355. The van der Waals surface area contributed by atoms with Gasteiger partial charge in [0, 0.05) is 11.3 Å². The number of carbonyl (C=O) groups is 1. The molecule has 3 rings (SSSR count). The number of nitrogens with zero attached hydrogens (tertiary/aromatic N) is 2. The topological polar surface area (TPSA) is 75.0 Å². The normalized spacial score (nSPS) is 15.8. The molecule has 1 aromatic heterocycles. The molecule has 0 spiro atoms. The summed E-state index contributed by atoms with van der Waals surface area (Å²) in [6, 6.07) is 6.27. The van der Waals surface area contributed by atoms with E-state index in [0.717, 1.165) is 23.2 Å². The number of aryl methyl sites for hydroxylation is 1. The first-order chi connectivity index (χ1) is 13.4. The van der Waals surface area contributed by atoms with Crippen LogP contribution in [0.4, 0.5) is 4.39 Å². The predicted octanol–water partition coefficient (Wildman–Crippen LogP) is 4.14. The average molecular weight is 399 g/mol. The van der Waals surface area contributed by atoms with Gasteiger partial charge in [-0.25, -0.2) is 9.37 Å². The van der Waals surface area contributed by atoms with Gasteiger partial charge >= 0.3 is 0 Å². The number of amides is 1. The molecule has 0 radical (unpaired) electrons. The van der Waals surface area contributed by atoms with Crippen molar-refractivity contribution in [1.29, 1.82) is 5.26 Å². The Morgan fingerprint density at radius 3 is 2.93 bits per heavy atom. The summed E-state index contributed by atoms with van der Waals surface area (Å²) < 4.78 is 19.3. The molecule has 0 bridgehead atoms. The fourth-order valence-electron chi connectivity index (χ4n) is 3.22. The van der Waals surface area contributed by atoms with Crippen molar-refractivity contribution in [1.82, 2.24) is 10.3 Å². The van der Waals surface area contributed by atoms with Crippen LogP contribution in [0, 0.1) is 37.9 Å². The van der Waals surface area contributed by atoms with E-state index >= 15 is 0 Å². The summed E-state index contributed by atoms with van der Waals surface area (Å²) in [4.78, 5) is 17.0. The molecule has 1 aromatic carbocycles. The first-order valence-electron chi connectivity index (χ1n) is 9.13. The highest BCUT2D eigenvalue weighted by molar-refractivity contribution is 8.00. The third kappa shape index (κ3) is 4.28. The lowest BCUT2D eigenvalue weighted by atomic mass is 10.0. The fourth-order valence-corrected chi connectivity index (χ4v) is 4.11. The van der Waals surface area contributed by atoms with Crippen molar-refractivity contribution in [3.63, 3.8) is 0 Å². The number of thioether (sulfide) groups is 1. The molecular formula is C21H22FN3O2S. The van der Waals surface area contributed by atoms with Crippen LogP contribution in [0.1, 0.15) is 46.8 Å². The molecule has 7 heteroatoms. The first-order valence-corrected chi connectivity index (χ1v) is 10.1. The molecule has 1 N–H and O–H groups in total. The molecule has 2 aromatic rings. The van der Waals surface area contributed by atoms with Crippen LogP contribution in [-0.4, -0.2) is 23.3 Å². The second kappa shape index (κ2) is 8.61. The van der Waals surface area contributed by atoms with E-state index in [2.05, 4.69) is 16.4 Å². The molecule has 1 unspecified atom stereocenters. The number of hydrogen-bond donors (Lipinski definition) is 1. The third-order valence-corrected chi connectivity index (χ3v) is 5.97. The number of nitrogens with one attached hydrogen (secondary N) is 1. The van der Waals surface area contributed by atoms with Crippen LogP contribution in [0.15, 0.2) is 23.2 Å². The number of aromatic nitrogens is 1. The predicted molar refractivity (Wildman–Crippen MR) is 106 cm³/mol. The van der Waals surface area contributed by atoms with Gasteiger partial charge in [0.15, 0.2) is 0 Å². The molecule has 146 valence electrons. The highest BCUT2D eigenvalue weighted by Gasteiger charge is 2.23. The summed E-state index contributed by atoms with van der Waals surface area (Å²) in [5.74, 6) is 0.195. The SMILES string of the molecule is Cc1nc(SCC(=O)NC2CCCOc3ccc(F)cc32)c(C#N)c(C)c1C. The highest BCUT2D eigenvalue weighted by atomic mass is 32.2. The van der Waals surface area contributed by atoms with Crippen LogP contribution in [0.2, 0.25) is 0 Å². The van der Waals surface area contributed by atoms with E-state index in [0.29, 0.717) is 34.9 Å². The summed E-state index contributed by atoms with van der Waals surface area (Å²) in [6.45, 7) is 6.26. The van der Waals surface area contributed by atoms with Crippen LogP contribution in [0.5, 0.6) is 5.75 Å². The number of carbonyl (C=O) groups excluding carboxylic acids is 1. The Morgan fingerprint density at radius 2 is 2.18 bits per heavy atom. The molecular weight excluding hydrogens is 377 g/mol. The van der Waals surface area contributed by atoms with Gasteiger partial charge in [-0.15, -0.1) is 0 Å². The number of nitriles is 1. The summed E-state index contributed by atoms with van der Waals surface area (Å²) >= 11 is 1.24. The van der Waals surface area contributed by atoms with Crippen LogP contribution in [-0.2, 0) is 4.79 Å². The van der Waals surface area contributed by atoms with Gasteiger partial charge < -0.3 is 10.1 Å². The third-order valence-electron chi connectivity index (χ3n) is 4.99. The lowest BCUT2D eigenvalue weighted by Crippen LogP contribution is -2.30. The van der Waals surface area contributed by atoms with E-state index in [1.54, 1.807) is 6.07 Å². The van der Waals surface area contributed by atoms with E-state index < -0.39 is 0 Å². The molecule has 1 atom stereocenters. The van der Waals surface area contributed by atoms with Gasteiger partial charge in [-0.05, 0) is 62.9 Å². The van der Waals surface area contributed by atoms with Gasteiger partial charge in [0.2, 0.25) is 5.91 Å². The van der Waals surface area contributed by atoms with E-state index in [9.17, 15) is 14.4 Å². The number of rotatable bonds is 4. The minimum Gasteiger partial charge on any atom is -0.493 e. The monoisotopic (exact) mass is 399 g/mol. The van der Waals surface area contributed by atoms with Crippen LogP contribution in [0.3, 0.4) is 0 Å². The number of ether oxygens (including phenoxy) is 1. The van der Waals surface area contributed by atoms with Crippen molar-refractivity contribution in [3.05, 3.63) is 52.0 Å². The van der Waals surface area contributed by atoms with Gasteiger partial charge in [0.05, 0.1) is 24.0 Å². The molecule has 1 aliphatic heterocycles. The zero-order valence-corrected chi connectivity index (χ0v) is 17.0. The number of halogens is 1. The molecule has 0 fully saturated rings.